The zero-order valence-corrected chi connectivity index (χ0v) is 8.65. The van der Waals surface area contributed by atoms with E-state index in [4.69, 9.17) is 4.74 Å². The summed E-state index contributed by atoms with van der Waals surface area (Å²) in [6, 6.07) is 0. The van der Waals surface area contributed by atoms with Crippen LogP contribution in [-0.2, 0) is 4.74 Å². The Bertz CT molecular complexity index is 198. The molecule has 0 saturated heterocycles. The Morgan fingerprint density at radius 3 is 2.77 bits per heavy atom. The van der Waals surface area contributed by atoms with Crippen molar-refractivity contribution in [2.75, 3.05) is 26.8 Å². The molecule has 0 aromatic carbocycles. The number of nitrogens with one attached hydrogen (secondary N) is 1. The number of rotatable bonds is 6. The first-order valence-corrected chi connectivity index (χ1v) is 4.92. The summed E-state index contributed by atoms with van der Waals surface area (Å²) >= 11 is 0. The van der Waals surface area contributed by atoms with Crippen molar-refractivity contribution in [3.8, 4) is 11.8 Å². The van der Waals surface area contributed by atoms with Gasteiger partial charge in [0.25, 0.3) is 0 Å². The lowest BCUT2D eigenvalue weighted by atomic mass is 10.0. The van der Waals surface area contributed by atoms with Crippen molar-refractivity contribution in [3.05, 3.63) is 0 Å². The smallest absolute Gasteiger partial charge is 0.0576 e. The molecule has 13 heavy (non-hydrogen) atoms. The minimum Gasteiger partial charge on any atom is -0.385 e. The van der Waals surface area contributed by atoms with Gasteiger partial charge in [0.15, 0.2) is 0 Å². The predicted octanol–water partition coefficient (Wildman–Crippen LogP) is 1.42. The van der Waals surface area contributed by atoms with Gasteiger partial charge >= 0.3 is 0 Å². The Kier molecular flexibility index (Phi) is 4.27. The second kappa shape index (κ2) is 5.26. The van der Waals surface area contributed by atoms with Gasteiger partial charge in [0.05, 0.1) is 6.54 Å². The highest BCUT2D eigenvalue weighted by Gasteiger charge is 2.41. The van der Waals surface area contributed by atoms with Crippen molar-refractivity contribution in [2.45, 2.75) is 26.2 Å². The third-order valence-corrected chi connectivity index (χ3v) is 2.68. The molecule has 1 saturated carbocycles. The fourth-order valence-corrected chi connectivity index (χ4v) is 1.49. The van der Waals surface area contributed by atoms with Crippen molar-refractivity contribution in [2.24, 2.45) is 5.41 Å². The van der Waals surface area contributed by atoms with Crippen LogP contribution < -0.4 is 5.32 Å². The second-order valence-corrected chi connectivity index (χ2v) is 3.77. The van der Waals surface area contributed by atoms with Crippen LogP contribution >= 0.6 is 0 Å². The normalized spacial score (nSPS) is 17.7. The van der Waals surface area contributed by atoms with Crippen LogP contribution in [0.5, 0.6) is 0 Å². The van der Waals surface area contributed by atoms with Gasteiger partial charge in [-0.15, -0.1) is 5.92 Å². The maximum atomic E-state index is 5.09. The highest BCUT2D eigenvalue weighted by atomic mass is 16.5. The van der Waals surface area contributed by atoms with E-state index in [-0.39, 0.29) is 0 Å². The van der Waals surface area contributed by atoms with Crippen LogP contribution in [0.25, 0.3) is 0 Å². The Morgan fingerprint density at radius 2 is 2.23 bits per heavy atom. The molecule has 0 aliphatic heterocycles. The van der Waals surface area contributed by atoms with Gasteiger partial charge in [-0.1, -0.05) is 5.92 Å². The van der Waals surface area contributed by atoms with Crippen LogP contribution in [-0.4, -0.2) is 26.8 Å². The Morgan fingerprint density at radius 1 is 1.46 bits per heavy atom. The highest BCUT2D eigenvalue weighted by Crippen LogP contribution is 2.47. The van der Waals surface area contributed by atoms with Gasteiger partial charge in [0.1, 0.15) is 0 Å². The molecule has 1 rings (SSSR count). The van der Waals surface area contributed by atoms with Gasteiger partial charge in [0, 0.05) is 20.3 Å². The molecule has 0 aromatic heterocycles. The van der Waals surface area contributed by atoms with E-state index in [1.54, 1.807) is 7.11 Å². The molecular formula is C11H19NO. The van der Waals surface area contributed by atoms with E-state index in [1.165, 1.54) is 19.3 Å². The van der Waals surface area contributed by atoms with Crippen LogP contribution in [0, 0.1) is 17.3 Å². The van der Waals surface area contributed by atoms with Crippen molar-refractivity contribution < 1.29 is 4.74 Å². The second-order valence-electron chi connectivity index (χ2n) is 3.77. The van der Waals surface area contributed by atoms with Gasteiger partial charge in [-0.2, -0.15) is 0 Å². The van der Waals surface area contributed by atoms with Gasteiger partial charge in [-0.05, 0) is 31.6 Å². The van der Waals surface area contributed by atoms with E-state index < -0.39 is 0 Å². The Hall–Kier alpha value is -0.520. The average molecular weight is 181 g/mol. The standard InChI is InChI=1S/C11H19NO/c1-3-4-8-12-10-11(5-6-11)7-9-13-2/h12H,5-10H2,1-2H3. The number of ether oxygens (including phenoxy) is 1. The summed E-state index contributed by atoms with van der Waals surface area (Å²) in [6.07, 6.45) is 3.89. The molecular weight excluding hydrogens is 162 g/mol. The van der Waals surface area contributed by atoms with E-state index in [1.807, 2.05) is 6.92 Å². The number of hydrogen-bond donors (Lipinski definition) is 1. The number of methoxy groups -OCH3 is 1. The summed E-state index contributed by atoms with van der Waals surface area (Å²) in [5.41, 5.74) is 0.547. The lowest BCUT2D eigenvalue weighted by molar-refractivity contribution is 0.171. The molecule has 0 aromatic rings. The fraction of sp³-hybridized carbons (Fsp3) is 0.818. The van der Waals surface area contributed by atoms with E-state index in [2.05, 4.69) is 17.2 Å². The molecule has 1 N–H and O–H groups in total. The van der Waals surface area contributed by atoms with Crippen LogP contribution in [0.4, 0.5) is 0 Å². The summed E-state index contributed by atoms with van der Waals surface area (Å²) in [6.45, 7) is 4.69. The Labute approximate surface area is 81.0 Å². The summed E-state index contributed by atoms with van der Waals surface area (Å²) in [4.78, 5) is 0. The minimum absolute atomic E-state index is 0.547. The van der Waals surface area contributed by atoms with Crippen molar-refractivity contribution in [1.82, 2.24) is 5.32 Å². The molecule has 0 unspecified atom stereocenters. The molecule has 2 heteroatoms. The van der Waals surface area contributed by atoms with E-state index in [9.17, 15) is 0 Å². The maximum Gasteiger partial charge on any atom is 0.0576 e. The third kappa shape index (κ3) is 3.80. The molecule has 1 aliphatic carbocycles. The minimum atomic E-state index is 0.547. The maximum absolute atomic E-state index is 5.09. The molecule has 0 heterocycles. The van der Waals surface area contributed by atoms with Crippen molar-refractivity contribution >= 4 is 0 Å². The summed E-state index contributed by atoms with van der Waals surface area (Å²) in [5, 5.41) is 3.37. The molecule has 0 atom stereocenters. The Balaban J connectivity index is 2.07. The van der Waals surface area contributed by atoms with E-state index in [0.29, 0.717) is 5.41 Å². The van der Waals surface area contributed by atoms with Crippen molar-refractivity contribution in [3.63, 3.8) is 0 Å². The average Bonchev–Trinajstić information content (AvgIpc) is 2.91. The van der Waals surface area contributed by atoms with Gasteiger partial charge in [-0.3, -0.25) is 0 Å². The molecule has 0 amide bonds. The van der Waals surface area contributed by atoms with Crippen LogP contribution in [0.3, 0.4) is 0 Å². The SMILES string of the molecule is CC#CCNCC1(CCOC)CC1. The van der Waals surface area contributed by atoms with Crippen LogP contribution in [0.15, 0.2) is 0 Å². The lowest BCUT2D eigenvalue weighted by Crippen LogP contribution is -2.25. The molecule has 0 radical (unpaired) electrons. The van der Waals surface area contributed by atoms with E-state index >= 15 is 0 Å². The lowest BCUT2D eigenvalue weighted by Gasteiger charge is -2.13. The predicted molar refractivity (Wildman–Crippen MR) is 54.5 cm³/mol. The van der Waals surface area contributed by atoms with Crippen LogP contribution in [0.2, 0.25) is 0 Å². The monoisotopic (exact) mass is 181 g/mol. The van der Waals surface area contributed by atoms with Gasteiger partial charge in [0.2, 0.25) is 0 Å². The molecule has 1 fully saturated rings. The first-order valence-electron chi connectivity index (χ1n) is 4.92. The van der Waals surface area contributed by atoms with E-state index in [0.717, 1.165) is 19.7 Å². The summed E-state index contributed by atoms with van der Waals surface area (Å²) in [5.74, 6) is 5.89. The number of hydrogen-bond acceptors (Lipinski definition) is 2. The quantitative estimate of drug-likeness (QED) is 0.494. The zero-order valence-electron chi connectivity index (χ0n) is 8.65. The molecule has 2 nitrogen and oxygen atoms in total. The highest BCUT2D eigenvalue weighted by molar-refractivity contribution is 5.00. The zero-order chi connectivity index (χ0) is 9.57. The van der Waals surface area contributed by atoms with Crippen molar-refractivity contribution in [1.29, 1.82) is 0 Å². The summed E-state index contributed by atoms with van der Waals surface area (Å²) in [7, 11) is 1.77. The topological polar surface area (TPSA) is 21.3 Å². The van der Waals surface area contributed by atoms with Gasteiger partial charge in [-0.25, -0.2) is 0 Å². The fourth-order valence-electron chi connectivity index (χ4n) is 1.49. The third-order valence-electron chi connectivity index (χ3n) is 2.68. The first kappa shape index (κ1) is 10.6. The first-order chi connectivity index (χ1) is 6.33. The summed E-state index contributed by atoms with van der Waals surface area (Å²) < 4.78 is 5.09. The van der Waals surface area contributed by atoms with Gasteiger partial charge < -0.3 is 10.1 Å². The molecule has 0 spiro atoms. The largest absolute Gasteiger partial charge is 0.385 e. The molecule has 1 aliphatic rings. The van der Waals surface area contributed by atoms with Crippen LogP contribution in [0.1, 0.15) is 26.2 Å². The molecule has 0 bridgehead atoms. The molecule has 74 valence electrons.